The van der Waals surface area contributed by atoms with Gasteiger partial charge in [-0.3, -0.25) is 9.59 Å². The Morgan fingerprint density at radius 1 is 1.00 bits per heavy atom. The predicted octanol–water partition coefficient (Wildman–Crippen LogP) is 4.74. The molecule has 0 spiro atoms. The summed E-state index contributed by atoms with van der Waals surface area (Å²) in [6.45, 7) is 2.42. The van der Waals surface area contributed by atoms with E-state index in [9.17, 15) is 9.59 Å². The Balaban J connectivity index is 1.52. The molecule has 2 amide bonds. The SMILES string of the molecule is C[C@]1(C(=O)NC2CCCCC2)Cn2c(ccc2-c2ccco2)C(=O)N1C1CCCCC1. The van der Waals surface area contributed by atoms with Crippen molar-refractivity contribution in [3.8, 4) is 11.5 Å². The molecule has 5 rings (SSSR count). The Morgan fingerprint density at radius 3 is 2.35 bits per heavy atom. The van der Waals surface area contributed by atoms with Crippen LogP contribution in [0.2, 0.25) is 0 Å². The monoisotopic (exact) mass is 423 g/mol. The summed E-state index contributed by atoms with van der Waals surface area (Å²) in [6, 6.07) is 7.92. The average molecular weight is 424 g/mol. The van der Waals surface area contributed by atoms with Crippen LogP contribution in [-0.4, -0.2) is 38.9 Å². The van der Waals surface area contributed by atoms with E-state index in [0.29, 0.717) is 12.2 Å². The van der Waals surface area contributed by atoms with Gasteiger partial charge in [0.15, 0.2) is 0 Å². The summed E-state index contributed by atoms with van der Waals surface area (Å²) in [7, 11) is 0. The van der Waals surface area contributed by atoms with Crippen LogP contribution in [0.4, 0.5) is 0 Å². The van der Waals surface area contributed by atoms with Gasteiger partial charge in [-0.1, -0.05) is 38.5 Å². The van der Waals surface area contributed by atoms with E-state index in [4.69, 9.17) is 4.42 Å². The first-order valence-corrected chi connectivity index (χ1v) is 12.0. The van der Waals surface area contributed by atoms with Gasteiger partial charge >= 0.3 is 0 Å². The van der Waals surface area contributed by atoms with E-state index >= 15 is 0 Å². The Hall–Kier alpha value is -2.50. The van der Waals surface area contributed by atoms with Crippen molar-refractivity contribution in [2.24, 2.45) is 0 Å². The van der Waals surface area contributed by atoms with E-state index < -0.39 is 5.54 Å². The first kappa shape index (κ1) is 20.4. The highest BCUT2D eigenvalue weighted by Crippen LogP contribution is 2.38. The van der Waals surface area contributed by atoms with Crippen LogP contribution in [0.25, 0.3) is 11.5 Å². The highest BCUT2D eigenvalue weighted by atomic mass is 16.3. The van der Waals surface area contributed by atoms with Crippen molar-refractivity contribution in [2.75, 3.05) is 0 Å². The normalized spacial score (nSPS) is 25.5. The fourth-order valence-electron chi connectivity index (χ4n) is 5.87. The fourth-order valence-corrected chi connectivity index (χ4v) is 5.87. The van der Waals surface area contributed by atoms with Crippen molar-refractivity contribution in [2.45, 2.75) is 95.3 Å². The maximum Gasteiger partial charge on any atom is 0.271 e. The minimum atomic E-state index is -0.913. The van der Waals surface area contributed by atoms with Crippen molar-refractivity contribution in [3.63, 3.8) is 0 Å². The number of amides is 2. The van der Waals surface area contributed by atoms with Crippen LogP contribution in [0.1, 0.15) is 81.6 Å². The second kappa shape index (κ2) is 8.21. The molecule has 2 aromatic rings. The van der Waals surface area contributed by atoms with E-state index in [1.165, 1.54) is 12.8 Å². The molecule has 2 aromatic heterocycles. The molecule has 0 radical (unpaired) electrons. The molecule has 0 bridgehead atoms. The van der Waals surface area contributed by atoms with E-state index in [2.05, 4.69) is 5.32 Å². The summed E-state index contributed by atoms with van der Waals surface area (Å²) in [5.74, 6) is 0.681. The van der Waals surface area contributed by atoms with Gasteiger partial charge in [-0.25, -0.2) is 0 Å². The van der Waals surface area contributed by atoms with Crippen LogP contribution in [0, 0.1) is 0 Å². The first-order chi connectivity index (χ1) is 15.1. The maximum absolute atomic E-state index is 13.8. The number of rotatable bonds is 4. The molecule has 166 valence electrons. The molecule has 1 aliphatic heterocycles. The van der Waals surface area contributed by atoms with Gasteiger partial charge in [0, 0.05) is 12.1 Å². The molecule has 0 aromatic carbocycles. The van der Waals surface area contributed by atoms with Crippen molar-refractivity contribution in [1.29, 1.82) is 0 Å². The first-order valence-electron chi connectivity index (χ1n) is 12.0. The minimum absolute atomic E-state index is 0.0110. The van der Waals surface area contributed by atoms with Crippen molar-refractivity contribution < 1.29 is 14.0 Å². The van der Waals surface area contributed by atoms with Crippen molar-refractivity contribution in [3.05, 3.63) is 36.2 Å². The van der Waals surface area contributed by atoms with E-state index in [1.54, 1.807) is 6.26 Å². The lowest BCUT2D eigenvalue weighted by Gasteiger charge is -2.49. The van der Waals surface area contributed by atoms with Gasteiger partial charge in [0.25, 0.3) is 5.91 Å². The van der Waals surface area contributed by atoms with Crippen LogP contribution in [0.5, 0.6) is 0 Å². The second-order valence-corrected chi connectivity index (χ2v) is 9.72. The van der Waals surface area contributed by atoms with E-state index in [-0.39, 0.29) is 23.9 Å². The summed E-state index contributed by atoms with van der Waals surface area (Å²) >= 11 is 0. The Kier molecular flexibility index (Phi) is 5.40. The molecule has 1 N–H and O–H groups in total. The van der Waals surface area contributed by atoms with Crippen LogP contribution in [0.3, 0.4) is 0 Å². The van der Waals surface area contributed by atoms with Crippen LogP contribution >= 0.6 is 0 Å². The molecule has 2 fully saturated rings. The van der Waals surface area contributed by atoms with E-state index in [1.807, 2.05) is 40.7 Å². The molecule has 2 aliphatic carbocycles. The molecule has 1 atom stereocenters. The Bertz CT molecular complexity index is 935. The van der Waals surface area contributed by atoms with Gasteiger partial charge in [0.1, 0.15) is 17.0 Å². The molecule has 2 saturated carbocycles. The predicted molar refractivity (Wildman–Crippen MR) is 119 cm³/mol. The zero-order valence-electron chi connectivity index (χ0n) is 18.4. The molecular formula is C25H33N3O3. The number of carbonyl (C=O) groups excluding carboxylic acids is 2. The highest BCUT2D eigenvalue weighted by molar-refractivity contribution is 6.00. The molecule has 6 heteroatoms. The summed E-state index contributed by atoms with van der Waals surface area (Å²) in [5, 5.41) is 3.33. The van der Waals surface area contributed by atoms with Crippen LogP contribution in [0.15, 0.2) is 34.9 Å². The van der Waals surface area contributed by atoms with Gasteiger partial charge in [-0.2, -0.15) is 0 Å². The third-order valence-corrected chi connectivity index (χ3v) is 7.56. The minimum Gasteiger partial charge on any atom is -0.463 e. The third kappa shape index (κ3) is 3.60. The smallest absolute Gasteiger partial charge is 0.271 e. The number of nitrogens with one attached hydrogen (secondary N) is 1. The fraction of sp³-hybridized carbons (Fsp3) is 0.600. The Labute approximate surface area is 184 Å². The zero-order chi connectivity index (χ0) is 21.4. The van der Waals surface area contributed by atoms with Crippen LogP contribution in [-0.2, 0) is 11.3 Å². The zero-order valence-corrected chi connectivity index (χ0v) is 18.4. The van der Waals surface area contributed by atoms with Crippen molar-refractivity contribution in [1.82, 2.24) is 14.8 Å². The summed E-state index contributed by atoms with van der Waals surface area (Å²) in [4.78, 5) is 29.5. The number of fused-ring (bicyclic) bond motifs is 1. The largest absolute Gasteiger partial charge is 0.463 e. The number of carbonyl (C=O) groups is 2. The maximum atomic E-state index is 13.8. The second-order valence-electron chi connectivity index (χ2n) is 9.72. The number of furan rings is 1. The van der Waals surface area contributed by atoms with Gasteiger partial charge < -0.3 is 19.2 Å². The highest BCUT2D eigenvalue weighted by Gasteiger charge is 2.51. The lowest BCUT2D eigenvalue weighted by molar-refractivity contribution is -0.135. The quantitative estimate of drug-likeness (QED) is 0.772. The lowest BCUT2D eigenvalue weighted by atomic mass is 9.86. The van der Waals surface area contributed by atoms with Gasteiger partial charge in [0.2, 0.25) is 5.91 Å². The molecule has 0 saturated heterocycles. The van der Waals surface area contributed by atoms with Crippen LogP contribution < -0.4 is 5.32 Å². The molecule has 0 unspecified atom stereocenters. The summed E-state index contributed by atoms with van der Waals surface area (Å²) in [5.41, 5.74) is 0.595. The van der Waals surface area contributed by atoms with Gasteiger partial charge in [0.05, 0.1) is 18.5 Å². The van der Waals surface area contributed by atoms with E-state index in [0.717, 1.165) is 62.8 Å². The number of hydrogen-bond acceptors (Lipinski definition) is 3. The topological polar surface area (TPSA) is 67.5 Å². The molecule has 31 heavy (non-hydrogen) atoms. The molecule has 6 nitrogen and oxygen atoms in total. The summed E-state index contributed by atoms with van der Waals surface area (Å²) < 4.78 is 7.61. The summed E-state index contributed by atoms with van der Waals surface area (Å²) in [6.07, 6.45) is 12.7. The number of hydrogen-bond donors (Lipinski definition) is 1. The Morgan fingerprint density at radius 2 is 1.68 bits per heavy atom. The molecule has 3 heterocycles. The molecular weight excluding hydrogens is 390 g/mol. The van der Waals surface area contributed by atoms with Crippen molar-refractivity contribution >= 4 is 11.8 Å². The van der Waals surface area contributed by atoms with Gasteiger partial charge in [-0.05, 0) is 56.9 Å². The number of nitrogens with zero attached hydrogens (tertiary/aromatic N) is 2. The number of aromatic nitrogens is 1. The molecule has 3 aliphatic rings. The lowest BCUT2D eigenvalue weighted by Crippen LogP contribution is -2.67. The standard InChI is InChI=1S/C25H33N3O3/c1-25(24(30)26-18-9-4-2-5-10-18)17-27-20(22-13-8-16-31-22)14-15-21(27)23(29)28(25)19-11-6-3-7-12-19/h8,13-16,18-19H,2-7,9-12,17H2,1H3,(H,26,30)/t25-/m1/s1. The third-order valence-electron chi connectivity index (χ3n) is 7.56. The van der Waals surface area contributed by atoms with Gasteiger partial charge in [-0.15, -0.1) is 0 Å². The average Bonchev–Trinajstić information content (AvgIpc) is 3.45.